The van der Waals surface area contributed by atoms with E-state index in [4.69, 9.17) is 16.7 Å². The normalized spacial score (nSPS) is 13.4. The second kappa shape index (κ2) is 6.36. The number of carboxylic acids is 1. The fraction of sp³-hybridized carbons (Fsp3) is 0.600. The summed E-state index contributed by atoms with van der Waals surface area (Å²) >= 11 is 5.75. The van der Waals surface area contributed by atoms with Crippen LogP contribution in [0, 0.1) is 5.92 Å². The molecule has 0 spiro atoms. The predicted octanol–water partition coefficient (Wildman–Crippen LogP) is 0.853. The third-order valence-corrected chi connectivity index (χ3v) is 4.53. The minimum Gasteiger partial charge on any atom is -0.481 e. The Bertz CT molecular complexity index is 536. The van der Waals surface area contributed by atoms with Crippen molar-refractivity contribution in [3.8, 4) is 0 Å². The summed E-state index contributed by atoms with van der Waals surface area (Å²) in [4.78, 5) is 10.9. The molecule has 108 valence electrons. The fourth-order valence-corrected chi connectivity index (χ4v) is 3.37. The molecule has 2 N–H and O–H groups in total. The maximum absolute atomic E-state index is 12.0. The molecule has 1 aromatic heterocycles. The highest BCUT2D eigenvalue weighted by atomic mass is 35.5. The number of nitrogens with zero attached hydrogens (tertiary/aromatic N) is 2. The number of aromatic nitrogens is 2. The van der Waals surface area contributed by atoms with Crippen molar-refractivity contribution in [1.29, 1.82) is 0 Å². The predicted molar refractivity (Wildman–Crippen MR) is 69.4 cm³/mol. The van der Waals surface area contributed by atoms with Crippen LogP contribution >= 0.6 is 11.6 Å². The summed E-state index contributed by atoms with van der Waals surface area (Å²) in [6.45, 7) is 1.66. The smallest absolute Gasteiger partial charge is 0.307 e. The van der Waals surface area contributed by atoms with E-state index in [0.29, 0.717) is 12.8 Å². The van der Waals surface area contributed by atoms with Crippen LogP contribution in [0.25, 0.3) is 0 Å². The van der Waals surface area contributed by atoms with Gasteiger partial charge in [-0.25, -0.2) is 13.1 Å². The van der Waals surface area contributed by atoms with E-state index in [1.165, 1.54) is 13.2 Å². The first-order valence-electron chi connectivity index (χ1n) is 5.69. The first-order chi connectivity index (χ1) is 8.79. The molecule has 0 saturated carbocycles. The topological polar surface area (TPSA) is 101 Å². The zero-order valence-corrected chi connectivity index (χ0v) is 12.2. The van der Waals surface area contributed by atoms with Crippen LogP contribution in [0.3, 0.4) is 0 Å². The van der Waals surface area contributed by atoms with Gasteiger partial charge in [0.1, 0.15) is 0 Å². The van der Waals surface area contributed by atoms with Crippen LogP contribution in [0.2, 0.25) is 5.02 Å². The number of aliphatic carboxylic acids is 1. The molecule has 0 aromatic carbocycles. The summed E-state index contributed by atoms with van der Waals surface area (Å²) in [6, 6.07) is 0. The van der Waals surface area contributed by atoms with E-state index in [-0.39, 0.29) is 16.6 Å². The molecule has 0 radical (unpaired) electrons. The molecule has 0 saturated heterocycles. The van der Waals surface area contributed by atoms with E-state index >= 15 is 0 Å². The van der Waals surface area contributed by atoms with Crippen LogP contribution in [0.1, 0.15) is 19.8 Å². The number of aryl methyl sites for hydroxylation is 1. The number of sulfonamides is 1. The van der Waals surface area contributed by atoms with Gasteiger partial charge in [0.25, 0.3) is 10.0 Å². The maximum Gasteiger partial charge on any atom is 0.307 e. The molecule has 1 heterocycles. The lowest BCUT2D eigenvalue weighted by Gasteiger charge is -2.12. The Morgan fingerprint density at radius 1 is 1.63 bits per heavy atom. The van der Waals surface area contributed by atoms with Gasteiger partial charge in [-0.1, -0.05) is 24.9 Å². The maximum atomic E-state index is 12.0. The molecule has 0 fully saturated rings. The molecule has 1 rings (SSSR count). The Morgan fingerprint density at radius 3 is 2.68 bits per heavy atom. The summed E-state index contributed by atoms with van der Waals surface area (Å²) in [5.41, 5.74) is 0. The lowest BCUT2D eigenvalue weighted by atomic mass is 10.1. The zero-order chi connectivity index (χ0) is 14.6. The van der Waals surface area contributed by atoms with Crippen molar-refractivity contribution in [2.75, 3.05) is 6.54 Å². The highest BCUT2D eigenvalue weighted by molar-refractivity contribution is 7.89. The van der Waals surface area contributed by atoms with Gasteiger partial charge in [-0.3, -0.25) is 9.48 Å². The summed E-state index contributed by atoms with van der Waals surface area (Å²) in [5, 5.41) is 12.5. The van der Waals surface area contributed by atoms with Crippen molar-refractivity contribution < 1.29 is 18.3 Å². The van der Waals surface area contributed by atoms with Gasteiger partial charge in [-0.15, -0.1) is 0 Å². The first kappa shape index (κ1) is 15.9. The molecule has 1 unspecified atom stereocenters. The lowest BCUT2D eigenvalue weighted by Crippen LogP contribution is -2.34. The minimum atomic E-state index is -3.87. The minimum absolute atomic E-state index is 0.00244. The van der Waals surface area contributed by atoms with Crippen LogP contribution in [0.5, 0.6) is 0 Å². The Kier molecular flexibility index (Phi) is 5.33. The number of carbonyl (C=O) groups is 1. The Hall–Kier alpha value is -1.12. The molecular formula is C10H16ClN3O4S. The lowest BCUT2D eigenvalue weighted by molar-refractivity contribution is -0.141. The zero-order valence-electron chi connectivity index (χ0n) is 10.6. The average molecular weight is 310 g/mol. The monoisotopic (exact) mass is 309 g/mol. The molecule has 0 aliphatic heterocycles. The number of halogens is 1. The van der Waals surface area contributed by atoms with Gasteiger partial charge < -0.3 is 5.11 Å². The Morgan fingerprint density at radius 2 is 2.26 bits per heavy atom. The SMILES string of the molecule is CCCC(CNS(=O)(=O)c1c(Cl)cnn1C)C(=O)O. The van der Waals surface area contributed by atoms with Crippen molar-refractivity contribution in [1.82, 2.24) is 14.5 Å². The van der Waals surface area contributed by atoms with Crippen LogP contribution in [-0.4, -0.2) is 35.8 Å². The van der Waals surface area contributed by atoms with Gasteiger partial charge in [0.2, 0.25) is 0 Å². The molecule has 0 bridgehead atoms. The van der Waals surface area contributed by atoms with E-state index in [1.54, 1.807) is 0 Å². The molecule has 0 aliphatic rings. The van der Waals surface area contributed by atoms with Gasteiger partial charge in [-0.2, -0.15) is 5.10 Å². The Labute approximate surface area is 116 Å². The first-order valence-corrected chi connectivity index (χ1v) is 7.55. The van der Waals surface area contributed by atoms with E-state index in [2.05, 4.69) is 9.82 Å². The van der Waals surface area contributed by atoms with Crippen molar-refractivity contribution in [3.05, 3.63) is 11.2 Å². The largest absolute Gasteiger partial charge is 0.481 e. The van der Waals surface area contributed by atoms with Crippen LogP contribution in [0.4, 0.5) is 0 Å². The highest BCUT2D eigenvalue weighted by Crippen LogP contribution is 2.19. The number of hydrogen-bond donors (Lipinski definition) is 2. The number of carboxylic acid groups (broad SMARTS) is 1. The van der Waals surface area contributed by atoms with Crippen molar-refractivity contribution >= 4 is 27.6 Å². The van der Waals surface area contributed by atoms with E-state index in [1.807, 2.05) is 6.92 Å². The third kappa shape index (κ3) is 3.92. The summed E-state index contributed by atoms with van der Waals surface area (Å²) in [6.07, 6.45) is 2.28. The van der Waals surface area contributed by atoms with Gasteiger partial charge in [-0.05, 0) is 6.42 Å². The second-order valence-electron chi connectivity index (χ2n) is 4.10. The number of nitrogens with one attached hydrogen (secondary N) is 1. The van der Waals surface area contributed by atoms with E-state index in [9.17, 15) is 13.2 Å². The van der Waals surface area contributed by atoms with Crippen molar-refractivity contribution in [2.45, 2.75) is 24.8 Å². The standard InChI is InChI=1S/C10H16ClN3O4S/c1-3-4-7(10(15)16)5-13-19(17,18)9-8(11)6-12-14(9)2/h6-7,13H,3-5H2,1-2H3,(H,15,16). The molecule has 7 nitrogen and oxygen atoms in total. The van der Waals surface area contributed by atoms with Crippen LogP contribution in [-0.2, 0) is 21.9 Å². The van der Waals surface area contributed by atoms with Crippen LogP contribution in [0.15, 0.2) is 11.2 Å². The quantitative estimate of drug-likeness (QED) is 0.777. The fourth-order valence-electron chi connectivity index (χ4n) is 1.64. The molecule has 19 heavy (non-hydrogen) atoms. The summed E-state index contributed by atoms with van der Waals surface area (Å²) < 4.78 is 27.4. The molecule has 9 heteroatoms. The summed E-state index contributed by atoms with van der Waals surface area (Å²) in [5.74, 6) is -1.78. The summed E-state index contributed by atoms with van der Waals surface area (Å²) in [7, 11) is -2.42. The van der Waals surface area contributed by atoms with Crippen LogP contribution < -0.4 is 4.72 Å². The van der Waals surface area contributed by atoms with Gasteiger partial charge >= 0.3 is 5.97 Å². The van der Waals surface area contributed by atoms with Crippen molar-refractivity contribution in [2.24, 2.45) is 13.0 Å². The molecule has 1 aromatic rings. The molecular weight excluding hydrogens is 294 g/mol. The average Bonchev–Trinajstić information content (AvgIpc) is 2.64. The van der Waals surface area contributed by atoms with Gasteiger partial charge in [0.05, 0.1) is 17.1 Å². The van der Waals surface area contributed by atoms with E-state index in [0.717, 1.165) is 4.68 Å². The van der Waals surface area contributed by atoms with Crippen molar-refractivity contribution in [3.63, 3.8) is 0 Å². The second-order valence-corrected chi connectivity index (χ2v) is 6.19. The number of hydrogen-bond acceptors (Lipinski definition) is 4. The Balaban J connectivity index is 2.84. The molecule has 1 atom stereocenters. The molecule has 0 amide bonds. The molecule has 0 aliphatic carbocycles. The van der Waals surface area contributed by atoms with Gasteiger partial charge in [0, 0.05) is 13.6 Å². The number of rotatable bonds is 7. The highest BCUT2D eigenvalue weighted by Gasteiger charge is 2.25. The van der Waals surface area contributed by atoms with Gasteiger partial charge in [0.15, 0.2) is 5.03 Å². The van der Waals surface area contributed by atoms with E-state index < -0.39 is 21.9 Å². The third-order valence-electron chi connectivity index (χ3n) is 2.60.